The van der Waals surface area contributed by atoms with Crippen LogP contribution < -0.4 is 0 Å². The summed E-state index contributed by atoms with van der Waals surface area (Å²) in [5, 5.41) is 0.529. The van der Waals surface area contributed by atoms with Gasteiger partial charge in [0.25, 0.3) is 5.91 Å². The van der Waals surface area contributed by atoms with E-state index in [1.807, 2.05) is 35.2 Å². The molecule has 0 saturated carbocycles. The van der Waals surface area contributed by atoms with Gasteiger partial charge >= 0.3 is 0 Å². The lowest BCUT2D eigenvalue weighted by molar-refractivity contribution is 0.0660. The number of halogens is 2. The standard InChI is InChI=1S/C20H21ClN2O2S.ClH/c1-14(24)17-13-15(21)7-8-19(17)26-18-6-4-3-5-16(18)20(25)23-11-9-22(2)10-12-23;/h3-8,13H,9-12H2,1-2H3;1H. The summed E-state index contributed by atoms with van der Waals surface area (Å²) in [4.78, 5) is 30.7. The van der Waals surface area contributed by atoms with Crippen molar-refractivity contribution < 1.29 is 9.59 Å². The van der Waals surface area contributed by atoms with Crippen molar-refractivity contribution in [3.05, 3.63) is 58.6 Å². The summed E-state index contributed by atoms with van der Waals surface area (Å²) in [5.41, 5.74) is 1.25. The summed E-state index contributed by atoms with van der Waals surface area (Å²) in [6, 6.07) is 12.8. The van der Waals surface area contributed by atoms with Gasteiger partial charge in [0.05, 0.1) is 5.56 Å². The summed E-state index contributed by atoms with van der Waals surface area (Å²) < 4.78 is 0. The molecular weight excluding hydrogens is 403 g/mol. The Morgan fingerprint density at radius 3 is 2.26 bits per heavy atom. The molecule has 1 saturated heterocycles. The molecule has 1 fully saturated rings. The maximum Gasteiger partial charge on any atom is 0.255 e. The molecule has 0 N–H and O–H groups in total. The molecule has 0 aromatic heterocycles. The van der Waals surface area contributed by atoms with E-state index < -0.39 is 0 Å². The second-order valence-electron chi connectivity index (χ2n) is 6.39. The first-order valence-corrected chi connectivity index (χ1v) is 9.70. The van der Waals surface area contributed by atoms with Gasteiger partial charge < -0.3 is 9.80 Å². The maximum absolute atomic E-state index is 13.0. The van der Waals surface area contributed by atoms with E-state index in [1.165, 1.54) is 18.7 Å². The molecule has 144 valence electrons. The molecular formula is C20H22Cl2N2O2S. The fraction of sp³-hybridized carbons (Fsp3) is 0.300. The predicted molar refractivity (Wildman–Crippen MR) is 113 cm³/mol. The Kier molecular flexibility index (Phi) is 7.74. The van der Waals surface area contributed by atoms with Gasteiger partial charge in [-0.3, -0.25) is 9.59 Å². The first kappa shape index (κ1) is 21.8. The van der Waals surface area contributed by atoms with Crippen molar-refractivity contribution in [1.82, 2.24) is 9.80 Å². The number of likely N-dealkylation sites (N-methyl/N-ethyl adjacent to an activating group) is 1. The Bertz CT molecular complexity index is 836. The molecule has 1 aliphatic heterocycles. The van der Waals surface area contributed by atoms with Crippen LogP contribution in [0.5, 0.6) is 0 Å². The van der Waals surface area contributed by atoms with Gasteiger partial charge in [0.15, 0.2) is 5.78 Å². The molecule has 0 radical (unpaired) electrons. The molecule has 0 unspecified atom stereocenters. The van der Waals surface area contributed by atoms with E-state index in [-0.39, 0.29) is 24.1 Å². The van der Waals surface area contributed by atoms with Gasteiger partial charge in [-0.05, 0) is 44.3 Å². The Balaban J connectivity index is 0.00000261. The SMILES string of the molecule is CC(=O)c1cc(Cl)ccc1Sc1ccccc1C(=O)N1CCN(C)CC1.Cl. The minimum atomic E-state index is -0.0436. The second kappa shape index (κ2) is 9.60. The first-order chi connectivity index (χ1) is 12.5. The highest BCUT2D eigenvalue weighted by Crippen LogP contribution is 2.34. The number of Topliss-reactive ketones (excluding diaryl/α,β-unsaturated/α-hetero) is 1. The first-order valence-electron chi connectivity index (χ1n) is 8.51. The lowest BCUT2D eigenvalue weighted by Gasteiger charge is -2.32. The summed E-state index contributed by atoms with van der Waals surface area (Å²) in [7, 11) is 2.06. The third-order valence-electron chi connectivity index (χ3n) is 4.45. The third-order valence-corrected chi connectivity index (χ3v) is 5.84. The number of benzene rings is 2. The number of rotatable bonds is 4. The summed E-state index contributed by atoms with van der Waals surface area (Å²) in [5.74, 6) is -0.00239. The zero-order chi connectivity index (χ0) is 18.7. The monoisotopic (exact) mass is 424 g/mol. The smallest absolute Gasteiger partial charge is 0.255 e. The van der Waals surface area contributed by atoms with Crippen molar-refractivity contribution in [3.8, 4) is 0 Å². The molecule has 2 aromatic carbocycles. The van der Waals surface area contributed by atoms with Gasteiger partial charge in [-0.2, -0.15) is 0 Å². The molecule has 1 amide bonds. The molecule has 0 spiro atoms. The number of ketones is 1. The molecule has 1 aliphatic rings. The lowest BCUT2D eigenvalue weighted by Crippen LogP contribution is -2.47. The van der Waals surface area contributed by atoms with Crippen LogP contribution in [0.2, 0.25) is 5.02 Å². The summed E-state index contributed by atoms with van der Waals surface area (Å²) in [6.07, 6.45) is 0. The van der Waals surface area contributed by atoms with Gasteiger partial charge in [0.1, 0.15) is 0 Å². The van der Waals surface area contributed by atoms with Crippen LogP contribution in [-0.4, -0.2) is 54.7 Å². The van der Waals surface area contributed by atoms with Crippen LogP contribution in [0.15, 0.2) is 52.3 Å². The van der Waals surface area contributed by atoms with E-state index in [4.69, 9.17) is 11.6 Å². The Morgan fingerprint density at radius 1 is 0.963 bits per heavy atom. The Hall–Kier alpha value is -1.53. The average molecular weight is 425 g/mol. The third kappa shape index (κ3) is 5.26. The van der Waals surface area contributed by atoms with Crippen molar-refractivity contribution in [2.45, 2.75) is 16.7 Å². The van der Waals surface area contributed by atoms with Crippen LogP contribution >= 0.6 is 35.8 Å². The summed E-state index contributed by atoms with van der Waals surface area (Å²) >= 11 is 7.47. The highest BCUT2D eigenvalue weighted by Gasteiger charge is 2.23. The van der Waals surface area contributed by atoms with Crippen molar-refractivity contribution in [2.75, 3.05) is 33.2 Å². The number of carbonyl (C=O) groups is 2. The van der Waals surface area contributed by atoms with E-state index in [0.29, 0.717) is 16.1 Å². The van der Waals surface area contributed by atoms with Crippen LogP contribution in [0.25, 0.3) is 0 Å². The zero-order valence-corrected chi connectivity index (χ0v) is 17.7. The molecule has 27 heavy (non-hydrogen) atoms. The van der Waals surface area contributed by atoms with E-state index in [9.17, 15) is 9.59 Å². The van der Waals surface area contributed by atoms with E-state index in [2.05, 4.69) is 11.9 Å². The van der Waals surface area contributed by atoms with Crippen LogP contribution in [-0.2, 0) is 0 Å². The topological polar surface area (TPSA) is 40.6 Å². The van der Waals surface area contributed by atoms with E-state index in [0.717, 1.165) is 36.0 Å². The number of nitrogens with zero attached hydrogens (tertiary/aromatic N) is 2. The molecule has 7 heteroatoms. The van der Waals surface area contributed by atoms with Crippen molar-refractivity contribution in [2.24, 2.45) is 0 Å². The highest BCUT2D eigenvalue weighted by molar-refractivity contribution is 7.99. The fourth-order valence-electron chi connectivity index (χ4n) is 2.90. The number of hydrogen-bond donors (Lipinski definition) is 0. The minimum absolute atomic E-state index is 0. The van der Waals surface area contributed by atoms with Crippen LogP contribution in [0.3, 0.4) is 0 Å². The van der Waals surface area contributed by atoms with Crippen LogP contribution in [0.1, 0.15) is 27.6 Å². The Labute approximate surface area is 175 Å². The van der Waals surface area contributed by atoms with Crippen LogP contribution in [0.4, 0.5) is 0 Å². The molecule has 1 heterocycles. The van der Waals surface area contributed by atoms with E-state index in [1.54, 1.807) is 12.1 Å². The number of amides is 1. The molecule has 4 nitrogen and oxygen atoms in total. The van der Waals surface area contributed by atoms with Crippen LogP contribution in [0, 0.1) is 0 Å². The minimum Gasteiger partial charge on any atom is -0.336 e. The van der Waals surface area contributed by atoms with Gasteiger partial charge in [-0.1, -0.05) is 35.5 Å². The predicted octanol–water partition coefficient (Wildman–Crippen LogP) is 4.50. The molecule has 0 bridgehead atoms. The molecule has 3 rings (SSSR count). The van der Waals surface area contributed by atoms with Gasteiger partial charge in [0, 0.05) is 46.6 Å². The highest BCUT2D eigenvalue weighted by atomic mass is 35.5. The maximum atomic E-state index is 13.0. The van der Waals surface area contributed by atoms with E-state index >= 15 is 0 Å². The van der Waals surface area contributed by atoms with Gasteiger partial charge in [-0.25, -0.2) is 0 Å². The molecule has 0 aliphatic carbocycles. The van der Waals surface area contributed by atoms with Crippen molar-refractivity contribution in [3.63, 3.8) is 0 Å². The second-order valence-corrected chi connectivity index (χ2v) is 7.91. The normalized spacial score (nSPS) is 14.6. The van der Waals surface area contributed by atoms with Crippen molar-refractivity contribution >= 4 is 47.5 Å². The van der Waals surface area contributed by atoms with Gasteiger partial charge in [0.2, 0.25) is 0 Å². The molecule has 0 atom stereocenters. The number of carbonyl (C=O) groups excluding carboxylic acids is 2. The number of hydrogen-bond acceptors (Lipinski definition) is 4. The lowest BCUT2D eigenvalue weighted by atomic mass is 10.1. The summed E-state index contributed by atoms with van der Waals surface area (Å²) in [6.45, 7) is 4.75. The van der Waals surface area contributed by atoms with Crippen molar-refractivity contribution in [1.29, 1.82) is 0 Å². The molecule has 2 aromatic rings. The van der Waals surface area contributed by atoms with Gasteiger partial charge in [-0.15, -0.1) is 12.4 Å². The zero-order valence-electron chi connectivity index (χ0n) is 15.3. The largest absolute Gasteiger partial charge is 0.336 e. The number of piperazine rings is 1. The fourth-order valence-corrected chi connectivity index (χ4v) is 4.17. The average Bonchev–Trinajstić information content (AvgIpc) is 2.63. The quantitative estimate of drug-likeness (QED) is 0.677. The Morgan fingerprint density at radius 2 is 1.59 bits per heavy atom.